The zero-order valence-corrected chi connectivity index (χ0v) is 7.60. The zero-order valence-electron chi connectivity index (χ0n) is 7.60. The molecule has 11 heavy (non-hydrogen) atoms. The number of ketones is 1. The SMILES string of the molecule is CCC[C@@H]1CC(=O)C[C@H]1CC. The predicted molar refractivity (Wildman–Crippen MR) is 46.4 cm³/mol. The minimum absolute atomic E-state index is 0.496. The lowest BCUT2D eigenvalue weighted by atomic mass is 9.90. The highest BCUT2D eigenvalue weighted by Crippen LogP contribution is 2.34. The minimum Gasteiger partial charge on any atom is -0.300 e. The van der Waals surface area contributed by atoms with E-state index in [9.17, 15) is 4.79 Å². The quantitative estimate of drug-likeness (QED) is 0.611. The van der Waals surface area contributed by atoms with Crippen molar-refractivity contribution in [3.05, 3.63) is 0 Å². The zero-order chi connectivity index (χ0) is 8.27. The molecule has 64 valence electrons. The Morgan fingerprint density at radius 1 is 1.27 bits per heavy atom. The van der Waals surface area contributed by atoms with Gasteiger partial charge >= 0.3 is 0 Å². The molecule has 0 unspecified atom stereocenters. The molecule has 0 N–H and O–H groups in total. The van der Waals surface area contributed by atoms with Crippen molar-refractivity contribution in [1.82, 2.24) is 0 Å². The highest BCUT2D eigenvalue weighted by molar-refractivity contribution is 5.81. The predicted octanol–water partition coefficient (Wildman–Crippen LogP) is 2.79. The fourth-order valence-corrected chi connectivity index (χ4v) is 2.19. The smallest absolute Gasteiger partial charge is 0.133 e. The van der Waals surface area contributed by atoms with Gasteiger partial charge < -0.3 is 0 Å². The Morgan fingerprint density at radius 3 is 2.45 bits per heavy atom. The van der Waals surface area contributed by atoms with Gasteiger partial charge in [0.2, 0.25) is 0 Å². The second-order valence-electron chi connectivity index (χ2n) is 3.66. The number of carbonyl (C=O) groups is 1. The van der Waals surface area contributed by atoms with Crippen molar-refractivity contribution in [2.45, 2.75) is 46.0 Å². The van der Waals surface area contributed by atoms with Crippen LogP contribution in [0.25, 0.3) is 0 Å². The molecule has 1 fully saturated rings. The molecule has 0 heterocycles. The summed E-state index contributed by atoms with van der Waals surface area (Å²) < 4.78 is 0. The van der Waals surface area contributed by atoms with Gasteiger partial charge in [0, 0.05) is 12.8 Å². The maximum Gasteiger partial charge on any atom is 0.133 e. The molecule has 1 heteroatoms. The minimum atomic E-state index is 0.496. The van der Waals surface area contributed by atoms with E-state index in [0.717, 1.165) is 18.8 Å². The van der Waals surface area contributed by atoms with Gasteiger partial charge in [0.05, 0.1) is 0 Å². The van der Waals surface area contributed by atoms with Crippen molar-refractivity contribution >= 4 is 5.78 Å². The van der Waals surface area contributed by atoms with E-state index in [-0.39, 0.29) is 0 Å². The normalized spacial score (nSPS) is 31.3. The monoisotopic (exact) mass is 154 g/mol. The summed E-state index contributed by atoms with van der Waals surface area (Å²) in [5, 5.41) is 0. The van der Waals surface area contributed by atoms with Crippen LogP contribution in [0.15, 0.2) is 0 Å². The standard InChI is InChI=1S/C10H18O/c1-3-5-9-7-10(11)6-8(9)4-2/h8-9H,3-7H2,1-2H3/t8-,9-/m1/s1. The summed E-state index contributed by atoms with van der Waals surface area (Å²) in [6, 6.07) is 0. The Morgan fingerprint density at radius 2 is 1.91 bits per heavy atom. The Bertz CT molecular complexity index is 140. The Kier molecular flexibility index (Phi) is 3.10. The molecule has 0 amide bonds. The van der Waals surface area contributed by atoms with E-state index < -0.39 is 0 Å². The molecular weight excluding hydrogens is 136 g/mol. The van der Waals surface area contributed by atoms with Crippen molar-refractivity contribution in [2.24, 2.45) is 11.8 Å². The molecule has 0 aromatic rings. The van der Waals surface area contributed by atoms with Gasteiger partial charge in [-0.15, -0.1) is 0 Å². The van der Waals surface area contributed by atoms with Crippen molar-refractivity contribution < 1.29 is 4.79 Å². The fourth-order valence-electron chi connectivity index (χ4n) is 2.19. The van der Waals surface area contributed by atoms with E-state index in [1.807, 2.05) is 0 Å². The van der Waals surface area contributed by atoms with Crippen molar-refractivity contribution in [3.8, 4) is 0 Å². The first-order valence-corrected chi connectivity index (χ1v) is 4.79. The topological polar surface area (TPSA) is 17.1 Å². The molecule has 2 atom stereocenters. The fraction of sp³-hybridized carbons (Fsp3) is 0.900. The molecule has 0 spiro atoms. The number of hydrogen-bond acceptors (Lipinski definition) is 1. The molecule has 1 nitrogen and oxygen atoms in total. The highest BCUT2D eigenvalue weighted by atomic mass is 16.1. The van der Waals surface area contributed by atoms with Crippen LogP contribution in [-0.2, 0) is 4.79 Å². The van der Waals surface area contributed by atoms with Gasteiger partial charge in [-0.2, -0.15) is 0 Å². The van der Waals surface area contributed by atoms with E-state index in [4.69, 9.17) is 0 Å². The van der Waals surface area contributed by atoms with Crippen molar-refractivity contribution in [2.75, 3.05) is 0 Å². The number of Topliss-reactive ketones (excluding diaryl/α,β-unsaturated/α-hetero) is 1. The van der Waals surface area contributed by atoms with E-state index >= 15 is 0 Å². The first-order chi connectivity index (χ1) is 5.27. The second kappa shape index (κ2) is 3.89. The van der Waals surface area contributed by atoms with Crippen LogP contribution in [0.4, 0.5) is 0 Å². The van der Waals surface area contributed by atoms with Crippen LogP contribution in [0.3, 0.4) is 0 Å². The van der Waals surface area contributed by atoms with Crippen LogP contribution < -0.4 is 0 Å². The van der Waals surface area contributed by atoms with Gasteiger partial charge in [-0.1, -0.05) is 33.1 Å². The van der Waals surface area contributed by atoms with Gasteiger partial charge in [-0.25, -0.2) is 0 Å². The summed E-state index contributed by atoms with van der Waals surface area (Å²) >= 11 is 0. The summed E-state index contributed by atoms with van der Waals surface area (Å²) in [6.45, 7) is 4.40. The van der Waals surface area contributed by atoms with E-state index in [1.165, 1.54) is 19.3 Å². The second-order valence-corrected chi connectivity index (χ2v) is 3.66. The van der Waals surface area contributed by atoms with Gasteiger partial charge in [0.25, 0.3) is 0 Å². The first kappa shape index (κ1) is 8.76. The molecule has 0 aromatic heterocycles. The third kappa shape index (κ3) is 2.05. The first-order valence-electron chi connectivity index (χ1n) is 4.79. The van der Waals surface area contributed by atoms with Crippen molar-refractivity contribution in [3.63, 3.8) is 0 Å². The number of hydrogen-bond donors (Lipinski definition) is 0. The van der Waals surface area contributed by atoms with Gasteiger partial charge in [-0.05, 0) is 11.8 Å². The third-order valence-electron chi connectivity index (χ3n) is 2.83. The van der Waals surface area contributed by atoms with Crippen LogP contribution in [0.2, 0.25) is 0 Å². The Balaban J connectivity index is 2.43. The van der Waals surface area contributed by atoms with Crippen LogP contribution in [-0.4, -0.2) is 5.78 Å². The Hall–Kier alpha value is -0.330. The lowest BCUT2D eigenvalue weighted by Crippen LogP contribution is -2.05. The van der Waals surface area contributed by atoms with Crippen LogP contribution in [0.1, 0.15) is 46.0 Å². The molecule has 1 saturated carbocycles. The lowest BCUT2D eigenvalue weighted by molar-refractivity contribution is -0.117. The molecule has 1 rings (SSSR count). The lowest BCUT2D eigenvalue weighted by Gasteiger charge is -2.14. The van der Waals surface area contributed by atoms with E-state index in [0.29, 0.717) is 11.7 Å². The maximum atomic E-state index is 11.1. The Labute approximate surface area is 69.2 Å². The molecule has 1 aliphatic carbocycles. The van der Waals surface area contributed by atoms with Crippen LogP contribution in [0.5, 0.6) is 0 Å². The maximum absolute atomic E-state index is 11.1. The summed E-state index contributed by atoms with van der Waals surface area (Å²) in [6.07, 6.45) is 5.41. The summed E-state index contributed by atoms with van der Waals surface area (Å²) in [4.78, 5) is 11.1. The van der Waals surface area contributed by atoms with Crippen molar-refractivity contribution in [1.29, 1.82) is 0 Å². The average Bonchev–Trinajstić information content (AvgIpc) is 2.32. The average molecular weight is 154 g/mol. The summed E-state index contributed by atoms with van der Waals surface area (Å²) in [5.41, 5.74) is 0. The molecule has 0 bridgehead atoms. The molecule has 0 aromatic carbocycles. The number of rotatable bonds is 3. The van der Waals surface area contributed by atoms with Gasteiger partial charge in [-0.3, -0.25) is 4.79 Å². The molecule has 0 aliphatic heterocycles. The van der Waals surface area contributed by atoms with Gasteiger partial charge in [0.1, 0.15) is 5.78 Å². The molecule has 0 radical (unpaired) electrons. The largest absolute Gasteiger partial charge is 0.300 e. The van der Waals surface area contributed by atoms with Crippen LogP contribution in [0, 0.1) is 11.8 Å². The third-order valence-corrected chi connectivity index (χ3v) is 2.83. The molecule has 1 aliphatic rings. The van der Waals surface area contributed by atoms with E-state index in [2.05, 4.69) is 13.8 Å². The van der Waals surface area contributed by atoms with Gasteiger partial charge in [0.15, 0.2) is 0 Å². The molecule has 0 saturated heterocycles. The summed E-state index contributed by atoms with van der Waals surface area (Å²) in [7, 11) is 0. The number of carbonyl (C=O) groups excluding carboxylic acids is 1. The van der Waals surface area contributed by atoms with E-state index in [1.54, 1.807) is 0 Å². The highest BCUT2D eigenvalue weighted by Gasteiger charge is 2.30. The summed E-state index contributed by atoms with van der Waals surface area (Å²) in [5.74, 6) is 1.93. The molecular formula is C10H18O. The van der Waals surface area contributed by atoms with Crippen LogP contribution >= 0.6 is 0 Å².